The minimum atomic E-state index is -0.220. The summed E-state index contributed by atoms with van der Waals surface area (Å²) in [4.78, 5) is 34.0. The Morgan fingerprint density at radius 3 is 2.90 bits per heavy atom. The molecule has 31 heavy (non-hydrogen) atoms. The molecular formula is C22H21N7O2. The molecule has 1 fully saturated rings. The Morgan fingerprint density at radius 2 is 2.00 bits per heavy atom. The number of amides is 1. The molecule has 2 aromatic carbocycles. The van der Waals surface area contributed by atoms with E-state index in [1.807, 2.05) is 11.0 Å². The summed E-state index contributed by atoms with van der Waals surface area (Å²) in [6.07, 6.45) is 1.62. The number of imidazole rings is 1. The largest absolute Gasteiger partial charge is 0.378 e. The zero-order valence-electron chi connectivity index (χ0n) is 16.8. The average Bonchev–Trinajstić information content (AvgIpc) is 3.49. The van der Waals surface area contributed by atoms with Gasteiger partial charge in [0.15, 0.2) is 0 Å². The number of aromatic nitrogens is 2. The first-order chi connectivity index (χ1) is 15.3. The van der Waals surface area contributed by atoms with Crippen LogP contribution in [0.25, 0.3) is 11.0 Å². The van der Waals surface area contributed by atoms with Gasteiger partial charge in [0.2, 0.25) is 5.96 Å². The van der Waals surface area contributed by atoms with Crippen molar-refractivity contribution in [1.29, 1.82) is 0 Å². The van der Waals surface area contributed by atoms with E-state index in [0.29, 0.717) is 24.6 Å². The summed E-state index contributed by atoms with van der Waals surface area (Å²) in [5.41, 5.74) is 5.09. The smallest absolute Gasteiger partial charge is 0.258 e. The van der Waals surface area contributed by atoms with Crippen LogP contribution in [0.1, 0.15) is 15.9 Å². The SMILES string of the molecule is O=C(NC1=Nc2cc(N3CCOCC3)ccc2C2=NCCN12)c1ccc2[nH]cnc2c1. The molecule has 0 atom stereocenters. The number of hydrogen-bond acceptors (Lipinski definition) is 7. The molecule has 0 aliphatic carbocycles. The van der Waals surface area contributed by atoms with Gasteiger partial charge >= 0.3 is 0 Å². The van der Waals surface area contributed by atoms with Crippen LogP contribution in [-0.2, 0) is 4.74 Å². The van der Waals surface area contributed by atoms with Crippen LogP contribution in [-0.4, -0.2) is 72.0 Å². The highest BCUT2D eigenvalue weighted by Gasteiger charge is 2.31. The standard InChI is InChI=1S/C22H21N7O2/c30-21(14-1-4-17-19(11-14)25-13-24-17)27-22-26-18-12-15(28-7-9-31-10-8-28)2-3-16(18)20-23-5-6-29(20)22/h1-4,11-13H,5-10H2,(H,24,25)(H,26,27,30). The fourth-order valence-electron chi connectivity index (χ4n) is 4.22. The first kappa shape index (κ1) is 18.1. The number of fused-ring (bicyclic) bond motifs is 4. The van der Waals surface area contributed by atoms with Crippen molar-refractivity contribution < 1.29 is 9.53 Å². The Labute approximate surface area is 178 Å². The van der Waals surface area contributed by atoms with Crippen molar-refractivity contribution in [2.24, 2.45) is 9.98 Å². The number of rotatable bonds is 2. The van der Waals surface area contributed by atoms with Crippen molar-refractivity contribution in [1.82, 2.24) is 20.2 Å². The number of nitrogens with one attached hydrogen (secondary N) is 2. The van der Waals surface area contributed by atoms with E-state index in [2.05, 4.69) is 43.4 Å². The minimum absolute atomic E-state index is 0.220. The first-order valence-electron chi connectivity index (χ1n) is 10.4. The second-order valence-corrected chi connectivity index (χ2v) is 7.68. The van der Waals surface area contributed by atoms with Gasteiger partial charge in [-0.15, -0.1) is 0 Å². The van der Waals surface area contributed by atoms with Crippen LogP contribution in [0.3, 0.4) is 0 Å². The molecule has 4 heterocycles. The third-order valence-electron chi connectivity index (χ3n) is 5.83. The summed E-state index contributed by atoms with van der Waals surface area (Å²) >= 11 is 0. The molecule has 0 bridgehead atoms. The molecule has 1 saturated heterocycles. The normalized spacial score (nSPS) is 17.8. The number of nitrogens with zero attached hydrogens (tertiary/aromatic N) is 5. The maximum absolute atomic E-state index is 13.0. The highest BCUT2D eigenvalue weighted by Crippen LogP contribution is 2.32. The monoisotopic (exact) mass is 415 g/mol. The molecular weight excluding hydrogens is 394 g/mol. The molecule has 0 radical (unpaired) electrons. The van der Waals surface area contributed by atoms with Crippen molar-refractivity contribution >= 4 is 40.1 Å². The van der Waals surface area contributed by atoms with Crippen LogP contribution in [0.5, 0.6) is 0 Å². The molecule has 2 N–H and O–H groups in total. The molecule has 0 unspecified atom stereocenters. The lowest BCUT2D eigenvalue weighted by Crippen LogP contribution is -2.47. The van der Waals surface area contributed by atoms with Crippen molar-refractivity contribution in [3.05, 3.63) is 53.9 Å². The number of benzene rings is 2. The van der Waals surface area contributed by atoms with Gasteiger partial charge in [-0.05, 0) is 36.4 Å². The first-order valence-corrected chi connectivity index (χ1v) is 10.4. The van der Waals surface area contributed by atoms with Gasteiger partial charge in [-0.3, -0.25) is 20.0 Å². The van der Waals surface area contributed by atoms with E-state index >= 15 is 0 Å². The summed E-state index contributed by atoms with van der Waals surface area (Å²) in [6.45, 7) is 4.53. The van der Waals surface area contributed by atoms with E-state index in [4.69, 9.17) is 9.73 Å². The quantitative estimate of drug-likeness (QED) is 0.666. The highest BCUT2D eigenvalue weighted by molar-refractivity contribution is 6.19. The maximum atomic E-state index is 13.0. The molecule has 156 valence electrons. The summed E-state index contributed by atoms with van der Waals surface area (Å²) in [6, 6.07) is 11.7. The molecule has 1 amide bonds. The van der Waals surface area contributed by atoms with Crippen LogP contribution >= 0.6 is 0 Å². The van der Waals surface area contributed by atoms with Crippen LogP contribution in [0.2, 0.25) is 0 Å². The van der Waals surface area contributed by atoms with Crippen molar-refractivity contribution in [3.63, 3.8) is 0 Å². The lowest BCUT2D eigenvalue weighted by atomic mass is 10.1. The molecule has 9 nitrogen and oxygen atoms in total. The van der Waals surface area contributed by atoms with E-state index in [1.54, 1.807) is 18.5 Å². The lowest BCUT2D eigenvalue weighted by molar-refractivity contribution is 0.0974. The number of anilines is 1. The number of carbonyl (C=O) groups excluding carboxylic acids is 1. The van der Waals surface area contributed by atoms with Gasteiger partial charge in [0, 0.05) is 36.4 Å². The van der Waals surface area contributed by atoms with E-state index in [-0.39, 0.29) is 5.91 Å². The van der Waals surface area contributed by atoms with Crippen molar-refractivity contribution in [3.8, 4) is 0 Å². The lowest BCUT2D eigenvalue weighted by Gasteiger charge is -2.31. The van der Waals surface area contributed by atoms with Gasteiger partial charge in [0.25, 0.3) is 5.91 Å². The highest BCUT2D eigenvalue weighted by atomic mass is 16.5. The zero-order chi connectivity index (χ0) is 20.8. The van der Waals surface area contributed by atoms with Crippen molar-refractivity contribution in [2.45, 2.75) is 0 Å². The number of hydrogen-bond donors (Lipinski definition) is 2. The minimum Gasteiger partial charge on any atom is -0.378 e. The van der Waals surface area contributed by atoms with E-state index in [1.165, 1.54) is 0 Å². The number of aromatic amines is 1. The van der Waals surface area contributed by atoms with Crippen molar-refractivity contribution in [2.75, 3.05) is 44.3 Å². The number of H-pyrrole nitrogens is 1. The van der Waals surface area contributed by atoms with Crippen LogP contribution in [0.4, 0.5) is 11.4 Å². The Kier molecular flexibility index (Phi) is 4.20. The fourth-order valence-corrected chi connectivity index (χ4v) is 4.22. The van der Waals surface area contributed by atoms with E-state index in [0.717, 1.165) is 60.1 Å². The Bertz CT molecular complexity index is 1240. The molecule has 0 saturated carbocycles. The van der Waals surface area contributed by atoms with Crippen LogP contribution < -0.4 is 10.2 Å². The van der Waals surface area contributed by atoms with Gasteiger partial charge in [-0.2, -0.15) is 0 Å². The van der Waals surface area contributed by atoms with Gasteiger partial charge in [0.1, 0.15) is 5.84 Å². The Hall–Kier alpha value is -3.72. The third-order valence-corrected chi connectivity index (χ3v) is 5.83. The molecule has 9 heteroatoms. The summed E-state index contributed by atoms with van der Waals surface area (Å²) in [7, 11) is 0. The van der Waals surface area contributed by atoms with Crippen LogP contribution in [0, 0.1) is 0 Å². The zero-order valence-corrected chi connectivity index (χ0v) is 16.8. The van der Waals surface area contributed by atoms with Gasteiger partial charge in [-0.1, -0.05) is 0 Å². The molecule has 6 rings (SSSR count). The van der Waals surface area contributed by atoms with Gasteiger partial charge in [0.05, 0.1) is 42.8 Å². The number of amidine groups is 1. The summed E-state index contributed by atoms with van der Waals surface area (Å²) in [5, 5.41) is 2.99. The van der Waals surface area contributed by atoms with E-state index in [9.17, 15) is 4.79 Å². The average molecular weight is 415 g/mol. The maximum Gasteiger partial charge on any atom is 0.258 e. The topological polar surface area (TPSA) is 98.2 Å². The number of carbonyl (C=O) groups is 1. The number of morpholine rings is 1. The molecule has 1 aromatic heterocycles. The van der Waals surface area contributed by atoms with E-state index < -0.39 is 0 Å². The predicted octanol–water partition coefficient (Wildman–Crippen LogP) is 1.89. The number of guanidine groups is 1. The Balaban J connectivity index is 1.33. The fraction of sp³-hybridized carbons (Fsp3) is 0.273. The number of ether oxygens (including phenoxy) is 1. The second kappa shape index (κ2) is 7.21. The van der Waals surface area contributed by atoms with Gasteiger partial charge < -0.3 is 14.6 Å². The molecule has 3 aliphatic rings. The van der Waals surface area contributed by atoms with Gasteiger partial charge in [-0.25, -0.2) is 9.98 Å². The molecule has 3 aromatic rings. The second-order valence-electron chi connectivity index (χ2n) is 7.68. The summed E-state index contributed by atoms with van der Waals surface area (Å²) < 4.78 is 5.47. The Morgan fingerprint density at radius 1 is 1.10 bits per heavy atom. The predicted molar refractivity (Wildman–Crippen MR) is 118 cm³/mol. The van der Waals surface area contributed by atoms with Crippen LogP contribution in [0.15, 0.2) is 52.7 Å². The molecule has 0 spiro atoms. The third kappa shape index (κ3) is 3.14. The summed E-state index contributed by atoms with van der Waals surface area (Å²) in [5.74, 6) is 1.15. The number of aliphatic imine (C=N–C) groups is 2. The molecule has 3 aliphatic heterocycles.